The second kappa shape index (κ2) is 4.15. The molecule has 8 heteroatoms. The summed E-state index contributed by atoms with van der Waals surface area (Å²) in [5.41, 5.74) is 1.63. The van der Waals surface area contributed by atoms with Gasteiger partial charge in [-0.3, -0.25) is 4.55 Å². The number of benzene rings is 2. The van der Waals surface area contributed by atoms with Crippen LogP contribution in [0.3, 0.4) is 0 Å². The van der Waals surface area contributed by atoms with Crippen LogP contribution in [-0.4, -0.2) is 27.3 Å². The van der Waals surface area contributed by atoms with E-state index in [1.165, 1.54) is 22.6 Å². The number of rotatable bonds is 1. The molecule has 0 aliphatic heterocycles. The molecule has 22 heavy (non-hydrogen) atoms. The fraction of sp³-hybridized carbons (Fsp3) is 0. The van der Waals surface area contributed by atoms with Gasteiger partial charge in [-0.05, 0) is 30.3 Å². The first-order valence-electron chi connectivity index (χ1n) is 6.36. The third-order valence-corrected chi connectivity index (χ3v) is 4.38. The first-order valence-corrected chi connectivity index (χ1v) is 7.80. The van der Waals surface area contributed by atoms with Gasteiger partial charge in [0, 0.05) is 5.39 Å². The molecule has 0 spiro atoms. The van der Waals surface area contributed by atoms with Gasteiger partial charge in [0.25, 0.3) is 10.1 Å². The predicted molar refractivity (Wildman–Crippen MR) is 80.6 cm³/mol. The van der Waals surface area contributed by atoms with Crippen LogP contribution in [0.1, 0.15) is 0 Å². The van der Waals surface area contributed by atoms with Crippen LogP contribution < -0.4 is 5.69 Å². The first-order chi connectivity index (χ1) is 10.4. The molecule has 2 heterocycles. The number of imidazole rings is 1. The van der Waals surface area contributed by atoms with Crippen LogP contribution in [0.4, 0.5) is 0 Å². The summed E-state index contributed by atoms with van der Waals surface area (Å²) >= 11 is 0. The van der Waals surface area contributed by atoms with E-state index < -0.39 is 15.8 Å². The number of aromatic nitrogens is 3. The number of hydrogen-bond donors (Lipinski definition) is 2. The molecular weight excluding hydrogens is 306 g/mol. The molecule has 2 N–H and O–H groups in total. The molecule has 2 aromatic carbocycles. The zero-order valence-corrected chi connectivity index (χ0v) is 11.8. The van der Waals surface area contributed by atoms with E-state index >= 15 is 0 Å². The van der Waals surface area contributed by atoms with Crippen LogP contribution >= 0.6 is 0 Å². The Bertz CT molecular complexity index is 1220. The van der Waals surface area contributed by atoms with Crippen LogP contribution in [0.25, 0.3) is 27.6 Å². The molecule has 4 rings (SSSR count). The number of H-pyrrole nitrogens is 1. The van der Waals surface area contributed by atoms with Crippen LogP contribution in [0.5, 0.6) is 0 Å². The molecule has 0 amide bonds. The van der Waals surface area contributed by atoms with Crippen LogP contribution in [-0.2, 0) is 10.1 Å². The van der Waals surface area contributed by atoms with Gasteiger partial charge < -0.3 is 4.98 Å². The number of para-hydroxylation sites is 2. The average molecular weight is 315 g/mol. The van der Waals surface area contributed by atoms with Crippen LogP contribution in [0.15, 0.2) is 52.2 Å². The van der Waals surface area contributed by atoms with Gasteiger partial charge in [0.15, 0.2) is 5.65 Å². The molecule has 0 saturated carbocycles. The van der Waals surface area contributed by atoms with Crippen molar-refractivity contribution in [3.8, 4) is 0 Å². The SMILES string of the molecule is O=c1[nH]c2cc(S(=O)(=O)O)ccc2c2nc3ccccc3n12. The highest BCUT2D eigenvalue weighted by molar-refractivity contribution is 7.85. The topological polar surface area (TPSA) is 105 Å². The smallest absolute Gasteiger partial charge is 0.306 e. The molecule has 0 bridgehead atoms. The fourth-order valence-electron chi connectivity index (χ4n) is 2.57. The van der Waals surface area contributed by atoms with E-state index in [-0.39, 0.29) is 4.90 Å². The van der Waals surface area contributed by atoms with E-state index in [2.05, 4.69) is 9.97 Å². The molecule has 7 nitrogen and oxygen atoms in total. The molecule has 0 aliphatic carbocycles. The molecule has 2 aromatic heterocycles. The van der Waals surface area contributed by atoms with Crippen molar-refractivity contribution < 1.29 is 13.0 Å². The number of fused-ring (bicyclic) bond motifs is 5. The largest absolute Gasteiger partial charge is 0.332 e. The van der Waals surface area contributed by atoms with E-state index in [4.69, 9.17) is 4.55 Å². The number of hydrogen-bond acceptors (Lipinski definition) is 4. The molecule has 110 valence electrons. The normalized spacial score (nSPS) is 12.4. The van der Waals surface area contributed by atoms with Crippen molar-refractivity contribution in [2.45, 2.75) is 4.90 Å². The lowest BCUT2D eigenvalue weighted by Crippen LogP contribution is -2.16. The molecule has 0 aliphatic rings. The summed E-state index contributed by atoms with van der Waals surface area (Å²) in [4.78, 5) is 19.0. The molecule has 0 unspecified atom stereocenters. The van der Waals surface area contributed by atoms with Crippen molar-refractivity contribution in [2.24, 2.45) is 0 Å². The number of nitrogens with one attached hydrogen (secondary N) is 1. The summed E-state index contributed by atoms with van der Waals surface area (Å²) in [7, 11) is -4.33. The summed E-state index contributed by atoms with van der Waals surface area (Å²) in [5.74, 6) is 0. The van der Waals surface area contributed by atoms with E-state index in [1.807, 2.05) is 12.1 Å². The summed E-state index contributed by atoms with van der Waals surface area (Å²) in [6.07, 6.45) is 0. The Morgan fingerprint density at radius 1 is 1.14 bits per heavy atom. The Morgan fingerprint density at radius 2 is 1.91 bits per heavy atom. The minimum absolute atomic E-state index is 0.281. The lowest BCUT2D eigenvalue weighted by atomic mass is 10.2. The van der Waals surface area contributed by atoms with Crippen molar-refractivity contribution in [2.75, 3.05) is 0 Å². The van der Waals surface area contributed by atoms with Crippen LogP contribution in [0, 0.1) is 0 Å². The number of aromatic amines is 1. The van der Waals surface area contributed by atoms with E-state index in [0.717, 1.165) is 0 Å². The Morgan fingerprint density at radius 3 is 2.68 bits per heavy atom. The third-order valence-electron chi connectivity index (χ3n) is 3.54. The fourth-order valence-corrected chi connectivity index (χ4v) is 3.07. The molecular formula is C14H9N3O4S. The predicted octanol–water partition coefficient (Wildman–Crippen LogP) is 1.58. The maximum absolute atomic E-state index is 12.3. The minimum Gasteiger partial charge on any atom is -0.306 e. The zero-order chi connectivity index (χ0) is 15.5. The Kier molecular flexibility index (Phi) is 2.45. The second-order valence-electron chi connectivity index (χ2n) is 4.87. The zero-order valence-electron chi connectivity index (χ0n) is 11.0. The summed E-state index contributed by atoms with van der Waals surface area (Å²) in [6, 6.07) is 11.2. The van der Waals surface area contributed by atoms with Gasteiger partial charge in [-0.1, -0.05) is 12.1 Å². The van der Waals surface area contributed by atoms with Gasteiger partial charge in [0.1, 0.15) is 0 Å². The molecule has 0 saturated heterocycles. The van der Waals surface area contributed by atoms with Gasteiger partial charge in [-0.15, -0.1) is 0 Å². The standard InChI is InChI=1S/C14H9N3O4S/c18-14-16-11-7-8(22(19,20)21)5-6-9(11)13-15-10-3-1-2-4-12(10)17(13)14/h1-7H,(H,16,18)(H,19,20,21). The van der Waals surface area contributed by atoms with E-state index in [9.17, 15) is 13.2 Å². The second-order valence-corrected chi connectivity index (χ2v) is 6.29. The van der Waals surface area contributed by atoms with Gasteiger partial charge >= 0.3 is 5.69 Å². The quantitative estimate of drug-likeness (QED) is 0.519. The highest BCUT2D eigenvalue weighted by atomic mass is 32.2. The van der Waals surface area contributed by atoms with Gasteiger partial charge in [0.05, 0.1) is 21.4 Å². The van der Waals surface area contributed by atoms with Crippen molar-refractivity contribution in [1.82, 2.24) is 14.4 Å². The number of nitrogens with zero attached hydrogens (tertiary/aromatic N) is 2. The Hall–Kier alpha value is -2.71. The maximum atomic E-state index is 12.3. The Balaban J connectivity index is 2.23. The maximum Gasteiger partial charge on any atom is 0.332 e. The molecule has 4 aromatic rings. The van der Waals surface area contributed by atoms with Crippen molar-refractivity contribution in [3.63, 3.8) is 0 Å². The van der Waals surface area contributed by atoms with Crippen LogP contribution in [0.2, 0.25) is 0 Å². The van der Waals surface area contributed by atoms with Crippen molar-refractivity contribution in [3.05, 3.63) is 52.9 Å². The molecule has 0 fully saturated rings. The monoisotopic (exact) mass is 315 g/mol. The first kappa shape index (κ1) is 13.0. The van der Waals surface area contributed by atoms with Gasteiger partial charge in [0.2, 0.25) is 0 Å². The van der Waals surface area contributed by atoms with E-state index in [1.54, 1.807) is 12.1 Å². The van der Waals surface area contributed by atoms with Gasteiger partial charge in [-0.2, -0.15) is 8.42 Å². The third kappa shape index (κ3) is 1.74. The van der Waals surface area contributed by atoms with Crippen molar-refractivity contribution >= 4 is 37.7 Å². The van der Waals surface area contributed by atoms with E-state index in [0.29, 0.717) is 27.6 Å². The average Bonchev–Trinajstić information content (AvgIpc) is 2.86. The summed E-state index contributed by atoms with van der Waals surface area (Å²) < 4.78 is 33.0. The molecule has 0 atom stereocenters. The summed E-state index contributed by atoms with van der Waals surface area (Å²) in [6.45, 7) is 0. The highest BCUT2D eigenvalue weighted by Gasteiger charge is 2.14. The minimum atomic E-state index is -4.33. The Labute approximate surface area is 123 Å². The lowest BCUT2D eigenvalue weighted by Gasteiger charge is -2.03. The summed E-state index contributed by atoms with van der Waals surface area (Å²) in [5, 5.41) is 0.586. The lowest BCUT2D eigenvalue weighted by molar-refractivity contribution is 0.483. The highest BCUT2D eigenvalue weighted by Crippen LogP contribution is 2.23. The van der Waals surface area contributed by atoms with Gasteiger partial charge in [-0.25, -0.2) is 14.2 Å². The van der Waals surface area contributed by atoms with Crippen molar-refractivity contribution in [1.29, 1.82) is 0 Å². The molecule has 0 radical (unpaired) electrons.